The van der Waals surface area contributed by atoms with E-state index in [0.717, 1.165) is 11.6 Å². The van der Waals surface area contributed by atoms with E-state index >= 15 is 0 Å². The van der Waals surface area contributed by atoms with E-state index < -0.39 is 16.0 Å². The number of hydrogen-bond acceptors (Lipinski definition) is 5. The first kappa shape index (κ1) is 19.1. The van der Waals surface area contributed by atoms with Crippen LogP contribution < -0.4 is 4.31 Å². The minimum absolute atomic E-state index is 0.0175. The Labute approximate surface area is 162 Å². The zero-order chi connectivity index (χ0) is 19.6. The van der Waals surface area contributed by atoms with Crippen LogP contribution in [0.4, 0.5) is 5.69 Å². The standard InChI is InChI=1S/C19H17ClN2O4S/c1-26-19(23)14-5-8-15(9-6-14)22(27(2,24)25)12-16-17(20)10-7-13-4-3-11-21-18(13)16/h3-11H,12H2,1-2H3. The van der Waals surface area contributed by atoms with Gasteiger partial charge >= 0.3 is 5.97 Å². The number of esters is 1. The monoisotopic (exact) mass is 404 g/mol. The zero-order valence-corrected chi connectivity index (χ0v) is 16.3. The molecule has 0 bridgehead atoms. The van der Waals surface area contributed by atoms with Crippen molar-refractivity contribution in [2.24, 2.45) is 0 Å². The number of aromatic nitrogens is 1. The summed E-state index contributed by atoms with van der Waals surface area (Å²) in [6, 6.07) is 13.4. The Morgan fingerprint density at radius 3 is 2.48 bits per heavy atom. The van der Waals surface area contributed by atoms with Crippen LogP contribution >= 0.6 is 11.6 Å². The predicted octanol–water partition coefficient (Wildman–Crippen LogP) is 3.64. The van der Waals surface area contributed by atoms with Crippen molar-refractivity contribution in [2.75, 3.05) is 17.7 Å². The minimum atomic E-state index is -3.61. The van der Waals surface area contributed by atoms with Crippen molar-refractivity contribution in [3.63, 3.8) is 0 Å². The van der Waals surface area contributed by atoms with Crippen LogP contribution in [0.3, 0.4) is 0 Å². The number of benzene rings is 2. The number of methoxy groups -OCH3 is 1. The van der Waals surface area contributed by atoms with Gasteiger partial charge in [-0.15, -0.1) is 0 Å². The van der Waals surface area contributed by atoms with Gasteiger partial charge in [-0.05, 0) is 36.4 Å². The van der Waals surface area contributed by atoms with Crippen LogP contribution in [0.5, 0.6) is 0 Å². The molecular formula is C19H17ClN2O4S. The Morgan fingerprint density at radius 2 is 1.85 bits per heavy atom. The number of fused-ring (bicyclic) bond motifs is 1. The first-order valence-electron chi connectivity index (χ1n) is 7.99. The lowest BCUT2D eigenvalue weighted by Crippen LogP contribution is -2.29. The minimum Gasteiger partial charge on any atom is -0.465 e. The van der Waals surface area contributed by atoms with Crippen LogP contribution in [0.25, 0.3) is 10.9 Å². The Kier molecular flexibility index (Phi) is 5.34. The second kappa shape index (κ2) is 7.54. The summed E-state index contributed by atoms with van der Waals surface area (Å²) in [5.41, 5.74) is 2.00. The molecule has 140 valence electrons. The van der Waals surface area contributed by atoms with E-state index in [-0.39, 0.29) is 6.54 Å². The molecule has 0 aliphatic heterocycles. The highest BCUT2D eigenvalue weighted by Gasteiger charge is 2.21. The lowest BCUT2D eigenvalue weighted by molar-refractivity contribution is 0.0600. The molecule has 0 unspecified atom stereocenters. The number of sulfonamides is 1. The molecule has 0 radical (unpaired) electrons. The van der Waals surface area contributed by atoms with E-state index in [9.17, 15) is 13.2 Å². The molecule has 0 saturated heterocycles. The highest BCUT2D eigenvalue weighted by molar-refractivity contribution is 7.92. The molecule has 0 spiro atoms. The number of nitrogens with zero attached hydrogens (tertiary/aromatic N) is 2. The number of rotatable bonds is 5. The molecule has 0 aliphatic carbocycles. The van der Waals surface area contributed by atoms with Crippen molar-refractivity contribution in [1.29, 1.82) is 0 Å². The lowest BCUT2D eigenvalue weighted by Gasteiger charge is -2.23. The number of halogens is 1. The Balaban J connectivity index is 2.06. The second-order valence-corrected chi connectivity index (χ2v) is 8.22. The predicted molar refractivity (Wildman–Crippen MR) is 106 cm³/mol. The highest BCUT2D eigenvalue weighted by Crippen LogP contribution is 2.29. The molecule has 3 aromatic rings. The van der Waals surface area contributed by atoms with Gasteiger partial charge in [0.15, 0.2) is 0 Å². The highest BCUT2D eigenvalue weighted by atomic mass is 35.5. The maximum atomic E-state index is 12.4. The first-order valence-corrected chi connectivity index (χ1v) is 10.2. The van der Waals surface area contributed by atoms with Crippen molar-refractivity contribution in [2.45, 2.75) is 6.54 Å². The van der Waals surface area contributed by atoms with Crippen molar-refractivity contribution < 1.29 is 17.9 Å². The van der Waals surface area contributed by atoms with Crippen LogP contribution in [0.15, 0.2) is 54.7 Å². The van der Waals surface area contributed by atoms with Gasteiger partial charge in [0.05, 0.1) is 36.7 Å². The van der Waals surface area contributed by atoms with E-state index in [1.807, 2.05) is 12.1 Å². The molecule has 1 heterocycles. The van der Waals surface area contributed by atoms with Crippen molar-refractivity contribution in [3.8, 4) is 0 Å². The van der Waals surface area contributed by atoms with Crippen LogP contribution in [0, 0.1) is 0 Å². The molecule has 6 nitrogen and oxygen atoms in total. The zero-order valence-electron chi connectivity index (χ0n) is 14.7. The molecule has 0 fully saturated rings. The SMILES string of the molecule is COC(=O)c1ccc(N(Cc2c(Cl)ccc3cccnc23)S(C)(=O)=O)cc1. The van der Waals surface area contributed by atoms with Gasteiger partial charge in [-0.3, -0.25) is 9.29 Å². The van der Waals surface area contributed by atoms with E-state index in [0.29, 0.717) is 27.4 Å². The summed E-state index contributed by atoms with van der Waals surface area (Å²) in [5, 5.41) is 1.30. The largest absolute Gasteiger partial charge is 0.465 e. The second-order valence-electron chi connectivity index (χ2n) is 5.91. The van der Waals surface area contributed by atoms with Gasteiger partial charge in [0, 0.05) is 22.2 Å². The number of carbonyl (C=O) groups is 1. The van der Waals surface area contributed by atoms with Crippen molar-refractivity contribution >= 4 is 44.2 Å². The molecular weight excluding hydrogens is 388 g/mol. The van der Waals surface area contributed by atoms with E-state index in [1.165, 1.54) is 23.5 Å². The summed E-state index contributed by atoms with van der Waals surface area (Å²) in [7, 11) is -2.32. The fourth-order valence-corrected chi connectivity index (χ4v) is 3.84. The topological polar surface area (TPSA) is 76.6 Å². The lowest BCUT2D eigenvalue weighted by atomic mass is 10.1. The Hall–Kier alpha value is -2.64. The molecule has 1 aromatic heterocycles. The average molecular weight is 405 g/mol. The molecule has 0 saturated carbocycles. The summed E-state index contributed by atoms with van der Waals surface area (Å²) in [6.07, 6.45) is 2.76. The summed E-state index contributed by atoms with van der Waals surface area (Å²) in [4.78, 5) is 15.9. The first-order chi connectivity index (χ1) is 12.8. The summed E-state index contributed by atoms with van der Waals surface area (Å²) >= 11 is 6.35. The van der Waals surface area contributed by atoms with Crippen LogP contribution in [0.1, 0.15) is 15.9 Å². The maximum Gasteiger partial charge on any atom is 0.337 e. The number of carbonyl (C=O) groups excluding carboxylic acids is 1. The smallest absolute Gasteiger partial charge is 0.337 e. The molecule has 0 amide bonds. The molecule has 0 N–H and O–H groups in total. The van der Waals surface area contributed by atoms with E-state index in [1.54, 1.807) is 30.5 Å². The number of anilines is 1. The number of pyridine rings is 1. The Morgan fingerprint density at radius 1 is 1.15 bits per heavy atom. The summed E-state index contributed by atoms with van der Waals surface area (Å²) in [6.45, 7) is 0.0175. The molecule has 2 aromatic carbocycles. The van der Waals surface area contributed by atoms with Crippen molar-refractivity contribution in [3.05, 3.63) is 70.9 Å². The molecule has 3 rings (SSSR count). The molecule has 0 aliphatic rings. The normalized spacial score (nSPS) is 11.4. The van der Waals surface area contributed by atoms with Gasteiger partial charge < -0.3 is 4.74 Å². The van der Waals surface area contributed by atoms with Gasteiger partial charge in [0.1, 0.15) is 0 Å². The fourth-order valence-electron chi connectivity index (χ4n) is 2.76. The third-order valence-corrected chi connectivity index (χ3v) is 5.60. The van der Waals surface area contributed by atoms with Gasteiger partial charge in [-0.2, -0.15) is 0 Å². The summed E-state index contributed by atoms with van der Waals surface area (Å²) in [5.74, 6) is -0.492. The third kappa shape index (κ3) is 4.04. The van der Waals surface area contributed by atoms with Gasteiger partial charge in [-0.1, -0.05) is 23.7 Å². The Bertz CT molecular complexity index is 1100. The van der Waals surface area contributed by atoms with Crippen LogP contribution in [-0.2, 0) is 21.3 Å². The average Bonchev–Trinajstić information content (AvgIpc) is 2.66. The molecule has 0 atom stereocenters. The van der Waals surface area contributed by atoms with Gasteiger partial charge in [-0.25, -0.2) is 13.2 Å². The van der Waals surface area contributed by atoms with Gasteiger partial charge in [0.25, 0.3) is 0 Å². The van der Waals surface area contributed by atoms with Gasteiger partial charge in [0.2, 0.25) is 10.0 Å². The fraction of sp³-hybridized carbons (Fsp3) is 0.158. The maximum absolute atomic E-state index is 12.4. The van der Waals surface area contributed by atoms with Crippen molar-refractivity contribution in [1.82, 2.24) is 4.98 Å². The van der Waals surface area contributed by atoms with Crippen LogP contribution in [-0.4, -0.2) is 32.7 Å². The quantitative estimate of drug-likeness (QED) is 0.607. The molecule has 8 heteroatoms. The molecule has 27 heavy (non-hydrogen) atoms. The van der Waals surface area contributed by atoms with Crippen LogP contribution in [0.2, 0.25) is 5.02 Å². The third-order valence-electron chi connectivity index (χ3n) is 4.10. The summed E-state index contributed by atoms with van der Waals surface area (Å²) < 4.78 is 30.8. The van der Waals surface area contributed by atoms with E-state index in [2.05, 4.69) is 9.72 Å². The number of ether oxygens (including phenoxy) is 1. The van der Waals surface area contributed by atoms with E-state index in [4.69, 9.17) is 11.6 Å². The number of hydrogen-bond donors (Lipinski definition) is 0.